The second kappa shape index (κ2) is 6.14. The summed E-state index contributed by atoms with van der Waals surface area (Å²) in [6.07, 6.45) is 2.75. The Morgan fingerprint density at radius 1 is 1.42 bits per heavy atom. The van der Waals surface area contributed by atoms with Crippen molar-refractivity contribution in [2.75, 3.05) is 38.0 Å². The number of pyridine rings is 1. The Bertz CT molecular complexity index is 472. The molecule has 19 heavy (non-hydrogen) atoms. The number of carbonyl (C=O) groups is 2. The smallest absolute Gasteiger partial charge is 0.339 e. The third-order valence-electron chi connectivity index (χ3n) is 2.95. The van der Waals surface area contributed by atoms with Crippen LogP contribution in [0.25, 0.3) is 0 Å². The Balaban J connectivity index is 1.94. The fraction of sp³-hybridized carbons (Fsp3) is 0.417. The van der Waals surface area contributed by atoms with Crippen LogP contribution in [0.1, 0.15) is 10.4 Å². The summed E-state index contributed by atoms with van der Waals surface area (Å²) in [6.45, 7) is 3.04. The SMILES string of the molecule is O=C(O)c1cnccc1NCC(=O)N1CCNCC1. The Kier molecular flexibility index (Phi) is 4.30. The highest BCUT2D eigenvalue weighted by atomic mass is 16.4. The Hall–Kier alpha value is -2.15. The van der Waals surface area contributed by atoms with Gasteiger partial charge >= 0.3 is 5.97 Å². The van der Waals surface area contributed by atoms with Crippen molar-refractivity contribution in [3.05, 3.63) is 24.0 Å². The fourth-order valence-corrected chi connectivity index (χ4v) is 1.92. The van der Waals surface area contributed by atoms with E-state index in [1.54, 1.807) is 11.0 Å². The largest absolute Gasteiger partial charge is 0.478 e. The van der Waals surface area contributed by atoms with Crippen molar-refractivity contribution in [2.45, 2.75) is 0 Å². The molecular weight excluding hydrogens is 248 g/mol. The second-order valence-corrected chi connectivity index (χ2v) is 4.21. The predicted octanol–water partition coefficient (Wildman–Crippen LogP) is -0.376. The third kappa shape index (κ3) is 3.41. The van der Waals surface area contributed by atoms with Gasteiger partial charge in [0.25, 0.3) is 0 Å². The highest BCUT2D eigenvalue weighted by molar-refractivity contribution is 5.94. The quantitative estimate of drug-likeness (QED) is 0.686. The molecule has 0 bridgehead atoms. The lowest BCUT2D eigenvalue weighted by Gasteiger charge is -2.27. The van der Waals surface area contributed by atoms with Crippen LogP contribution in [0.5, 0.6) is 0 Å². The molecule has 1 aliphatic rings. The maximum Gasteiger partial charge on any atom is 0.339 e. The number of aromatic carboxylic acids is 1. The van der Waals surface area contributed by atoms with E-state index in [1.165, 1.54) is 12.4 Å². The first-order valence-corrected chi connectivity index (χ1v) is 6.08. The molecule has 0 saturated carbocycles. The summed E-state index contributed by atoms with van der Waals surface area (Å²) in [5.41, 5.74) is 0.474. The number of nitrogens with one attached hydrogen (secondary N) is 2. The van der Waals surface area contributed by atoms with Gasteiger partial charge in [-0.05, 0) is 6.07 Å². The van der Waals surface area contributed by atoms with Gasteiger partial charge in [0.05, 0.1) is 12.2 Å². The number of carboxylic acids is 1. The normalized spacial score (nSPS) is 15.1. The lowest BCUT2D eigenvalue weighted by atomic mass is 10.2. The van der Waals surface area contributed by atoms with Crippen LogP contribution in [0.15, 0.2) is 18.5 Å². The molecule has 0 spiro atoms. The molecule has 7 heteroatoms. The fourth-order valence-electron chi connectivity index (χ4n) is 1.92. The maximum absolute atomic E-state index is 11.9. The number of amides is 1. The van der Waals surface area contributed by atoms with Crippen molar-refractivity contribution in [2.24, 2.45) is 0 Å². The first-order valence-electron chi connectivity index (χ1n) is 6.08. The highest BCUT2D eigenvalue weighted by Gasteiger charge is 2.17. The van der Waals surface area contributed by atoms with Crippen molar-refractivity contribution in [3.8, 4) is 0 Å². The van der Waals surface area contributed by atoms with Gasteiger partial charge in [0.2, 0.25) is 5.91 Å². The molecule has 0 unspecified atom stereocenters. The minimum absolute atomic E-state index is 0.0327. The molecule has 1 saturated heterocycles. The zero-order valence-electron chi connectivity index (χ0n) is 10.4. The molecule has 1 amide bonds. The summed E-state index contributed by atoms with van der Waals surface area (Å²) >= 11 is 0. The first kappa shape index (κ1) is 13.3. The van der Waals surface area contributed by atoms with E-state index < -0.39 is 5.97 Å². The first-order chi connectivity index (χ1) is 9.18. The Morgan fingerprint density at radius 2 is 2.16 bits per heavy atom. The Morgan fingerprint density at radius 3 is 2.84 bits per heavy atom. The van der Waals surface area contributed by atoms with Gasteiger partial charge in [-0.25, -0.2) is 4.79 Å². The lowest BCUT2D eigenvalue weighted by Crippen LogP contribution is -2.48. The average molecular weight is 264 g/mol. The van der Waals surface area contributed by atoms with Gasteiger partial charge < -0.3 is 20.6 Å². The van der Waals surface area contributed by atoms with Crippen molar-refractivity contribution in [3.63, 3.8) is 0 Å². The van der Waals surface area contributed by atoms with Crippen molar-refractivity contribution < 1.29 is 14.7 Å². The lowest BCUT2D eigenvalue weighted by molar-refractivity contribution is -0.129. The van der Waals surface area contributed by atoms with Crippen LogP contribution in [-0.2, 0) is 4.79 Å². The van der Waals surface area contributed by atoms with E-state index in [4.69, 9.17) is 5.11 Å². The number of carbonyl (C=O) groups excluding carboxylic acids is 1. The van der Waals surface area contributed by atoms with Crippen LogP contribution >= 0.6 is 0 Å². The molecule has 7 nitrogen and oxygen atoms in total. The number of carboxylic acid groups (broad SMARTS) is 1. The summed E-state index contributed by atoms with van der Waals surface area (Å²) < 4.78 is 0. The topological polar surface area (TPSA) is 94.6 Å². The summed E-state index contributed by atoms with van der Waals surface area (Å²) in [5, 5.41) is 15.0. The molecule has 0 aromatic carbocycles. The summed E-state index contributed by atoms with van der Waals surface area (Å²) in [7, 11) is 0. The van der Waals surface area contributed by atoms with Gasteiger partial charge in [-0.2, -0.15) is 0 Å². The van der Waals surface area contributed by atoms with Crippen molar-refractivity contribution in [1.29, 1.82) is 0 Å². The van der Waals surface area contributed by atoms with Crippen molar-refractivity contribution in [1.82, 2.24) is 15.2 Å². The summed E-state index contributed by atoms with van der Waals surface area (Å²) in [5.74, 6) is -1.10. The highest BCUT2D eigenvalue weighted by Crippen LogP contribution is 2.13. The molecule has 0 atom stereocenters. The summed E-state index contributed by atoms with van der Waals surface area (Å²) in [4.78, 5) is 28.4. The maximum atomic E-state index is 11.9. The van der Waals surface area contributed by atoms with Gasteiger partial charge in [0, 0.05) is 38.6 Å². The number of hydrogen-bond acceptors (Lipinski definition) is 5. The molecule has 2 heterocycles. The van der Waals surface area contributed by atoms with Gasteiger partial charge in [-0.15, -0.1) is 0 Å². The molecule has 0 radical (unpaired) electrons. The molecule has 102 valence electrons. The van der Waals surface area contributed by atoms with Gasteiger partial charge in [0.1, 0.15) is 5.56 Å². The molecular formula is C12H16N4O3. The average Bonchev–Trinajstić information content (AvgIpc) is 2.46. The number of piperazine rings is 1. The van der Waals surface area contributed by atoms with Gasteiger partial charge in [0.15, 0.2) is 0 Å². The van der Waals surface area contributed by atoms with E-state index in [-0.39, 0.29) is 18.0 Å². The van der Waals surface area contributed by atoms with Crippen LogP contribution in [0.3, 0.4) is 0 Å². The number of aromatic nitrogens is 1. The number of nitrogens with zero attached hydrogens (tertiary/aromatic N) is 2. The van der Waals surface area contributed by atoms with E-state index in [9.17, 15) is 9.59 Å². The van der Waals surface area contributed by atoms with Crippen LogP contribution in [0, 0.1) is 0 Å². The van der Waals surface area contributed by atoms with E-state index in [0.29, 0.717) is 18.8 Å². The van der Waals surface area contributed by atoms with E-state index >= 15 is 0 Å². The number of anilines is 1. The molecule has 3 N–H and O–H groups in total. The number of rotatable bonds is 4. The minimum Gasteiger partial charge on any atom is -0.478 e. The molecule has 1 fully saturated rings. The zero-order valence-corrected chi connectivity index (χ0v) is 10.4. The number of hydrogen-bond donors (Lipinski definition) is 3. The van der Waals surface area contributed by atoms with E-state index in [2.05, 4.69) is 15.6 Å². The second-order valence-electron chi connectivity index (χ2n) is 4.21. The molecule has 0 aliphatic carbocycles. The van der Waals surface area contributed by atoms with E-state index in [0.717, 1.165) is 13.1 Å². The van der Waals surface area contributed by atoms with Crippen LogP contribution < -0.4 is 10.6 Å². The van der Waals surface area contributed by atoms with Gasteiger partial charge in [-0.3, -0.25) is 9.78 Å². The third-order valence-corrected chi connectivity index (χ3v) is 2.95. The molecule has 1 aromatic heterocycles. The van der Waals surface area contributed by atoms with Crippen LogP contribution in [0.4, 0.5) is 5.69 Å². The molecule has 1 aromatic rings. The standard InChI is InChI=1S/C12H16N4O3/c17-11(16-5-3-13-4-6-16)8-15-10-1-2-14-7-9(10)12(18)19/h1-2,7,13H,3-6,8H2,(H,14,15)(H,18,19). The van der Waals surface area contributed by atoms with Crippen LogP contribution in [0.2, 0.25) is 0 Å². The van der Waals surface area contributed by atoms with Crippen molar-refractivity contribution >= 4 is 17.6 Å². The van der Waals surface area contributed by atoms with Gasteiger partial charge in [-0.1, -0.05) is 0 Å². The summed E-state index contributed by atoms with van der Waals surface area (Å²) in [6, 6.07) is 1.55. The Labute approximate surface area is 110 Å². The predicted molar refractivity (Wildman–Crippen MR) is 69.1 cm³/mol. The molecule has 2 rings (SSSR count). The zero-order chi connectivity index (χ0) is 13.7. The monoisotopic (exact) mass is 264 g/mol. The van der Waals surface area contributed by atoms with E-state index in [1.807, 2.05) is 0 Å². The molecule has 1 aliphatic heterocycles. The minimum atomic E-state index is -1.06. The van der Waals surface area contributed by atoms with Crippen LogP contribution in [-0.4, -0.2) is 59.6 Å².